The van der Waals surface area contributed by atoms with E-state index in [1.54, 1.807) is 4.90 Å². The van der Waals surface area contributed by atoms with Gasteiger partial charge >= 0.3 is 6.03 Å². The van der Waals surface area contributed by atoms with Gasteiger partial charge in [-0.05, 0) is 58.4 Å². The van der Waals surface area contributed by atoms with Crippen molar-refractivity contribution in [1.29, 1.82) is 0 Å². The summed E-state index contributed by atoms with van der Waals surface area (Å²) in [6.45, 7) is 12.2. The first-order valence-corrected chi connectivity index (χ1v) is 9.13. The minimum absolute atomic E-state index is 0.0280. The molecule has 0 aliphatic heterocycles. The molecule has 26 heavy (non-hydrogen) atoms. The zero-order valence-corrected chi connectivity index (χ0v) is 17.4. The molecule has 146 valence electrons. The molecule has 0 spiro atoms. The molecule has 3 amide bonds. The Morgan fingerprint density at radius 2 is 1.77 bits per heavy atom. The highest BCUT2D eigenvalue weighted by molar-refractivity contribution is 5.91. The average molecular weight is 363 g/mol. The van der Waals surface area contributed by atoms with E-state index in [2.05, 4.69) is 10.6 Å². The van der Waals surface area contributed by atoms with Crippen LogP contribution >= 0.6 is 0 Å². The van der Waals surface area contributed by atoms with Crippen LogP contribution in [0.25, 0.3) is 0 Å². The lowest BCUT2D eigenvalue weighted by molar-refractivity contribution is -0.115. The van der Waals surface area contributed by atoms with Gasteiger partial charge in [-0.1, -0.05) is 6.92 Å². The van der Waals surface area contributed by atoms with Crippen molar-refractivity contribution in [2.45, 2.75) is 66.1 Å². The summed E-state index contributed by atoms with van der Waals surface area (Å²) in [6, 6.07) is 5.76. The fraction of sp³-hybridized carbons (Fsp3) is 0.600. The Balaban J connectivity index is 3.17. The molecule has 0 radical (unpaired) electrons. The summed E-state index contributed by atoms with van der Waals surface area (Å²) in [5.41, 5.74) is 2.46. The number of rotatable bonds is 6. The molecule has 0 heterocycles. The van der Waals surface area contributed by atoms with Crippen molar-refractivity contribution in [3.8, 4) is 0 Å². The number of nitrogens with one attached hydrogen (secondary N) is 2. The number of benzene rings is 1. The van der Waals surface area contributed by atoms with Gasteiger partial charge in [-0.3, -0.25) is 4.79 Å². The highest BCUT2D eigenvalue weighted by Gasteiger charge is 2.23. The Kier molecular flexibility index (Phi) is 7.48. The van der Waals surface area contributed by atoms with E-state index in [1.165, 1.54) is 0 Å². The first-order valence-electron chi connectivity index (χ1n) is 9.13. The van der Waals surface area contributed by atoms with Gasteiger partial charge in [0.2, 0.25) is 5.91 Å². The number of hydrogen-bond acceptors (Lipinski definition) is 3. The Labute approximate surface area is 157 Å². The number of urea groups is 1. The summed E-state index contributed by atoms with van der Waals surface area (Å²) in [6.07, 6.45) is 0.427. The van der Waals surface area contributed by atoms with Gasteiger partial charge in [-0.15, -0.1) is 0 Å². The summed E-state index contributed by atoms with van der Waals surface area (Å²) in [7, 11) is 3.94. The zero-order chi connectivity index (χ0) is 20.1. The van der Waals surface area contributed by atoms with Gasteiger partial charge in [0, 0.05) is 50.0 Å². The third-order valence-electron chi connectivity index (χ3n) is 3.87. The van der Waals surface area contributed by atoms with Crippen molar-refractivity contribution in [2.75, 3.05) is 24.3 Å². The van der Waals surface area contributed by atoms with Crippen LogP contribution in [0.2, 0.25) is 0 Å². The standard InChI is InChI=1S/C20H34N4O2/c1-9-18(25)21-16-10-11-17(23(7)8)15(12-16)13-24(14(2)3)19(26)22-20(4,5)6/h10-12,14H,9,13H2,1-8H3,(H,21,25)(H,22,26). The highest BCUT2D eigenvalue weighted by Crippen LogP contribution is 2.25. The molecular formula is C20H34N4O2. The minimum Gasteiger partial charge on any atom is -0.377 e. The molecule has 0 aliphatic rings. The fourth-order valence-electron chi connectivity index (χ4n) is 2.54. The van der Waals surface area contributed by atoms with Gasteiger partial charge in [0.05, 0.1) is 0 Å². The van der Waals surface area contributed by atoms with Gasteiger partial charge in [-0.25, -0.2) is 4.79 Å². The quantitative estimate of drug-likeness (QED) is 0.808. The highest BCUT2D eigenvalue weighted by atomic mass is 16.2. The van der Waals surface area contributed by atoms with Crippen LogP contribution in [0.5, 0.6) is 0 Å². The minimum atomic E-state index is -0.300. The second-order valence-corrected chi connectivity index (χ2v) is 8.04. The summed E-state index contributed by atoms with van der Waals surface area (Å²) in [5, 5.41) is 5.92. The molecule has 0 aliphatic carbocycles. The predicted octanol–water partition coefficient (Wildman–Crippen LogP) is 3.82. The van der Waals surface area contributed by atoms with E-state index in [4.69, 9.17) is 0 Å². The second-order valence-electron chi connectivity index (χ2n) is 8.04. The van der Waals surface area contributed by atoms with Crippen LogP contribution in [-0.2, 0) is 11.3 Å². The average Bonchev–Trinajstić information content (AvgIpc) is 2.50. The van der Waals surface area contributed by atoms with Gasteiger partial charge in [0.25, 0.3) is 0 Å². The number of nitrogens with zero attached hydrogens (tertiary/aromatic N) is 2. The van der Waals surface area contributed by atoms with Crippen molar-refractivity contribution >= 4 is 23.3 Å². The van der Waals surface area contributed by atoms with Crippen molar-refractivity contribution in [1.82, 2.24) is 10.2 Å². The monoisotopic (exact) mass is 362 g/mol. The largest absolute Gasteiger partial charge is 0.377 e. The molecule has 6 heteroatoms. The van der Waals surface area contributed by atoms with Crippen LogP contribution in [0.15, 0.2) is 18.2 Å². The molecule has 1 rings (SSSR count). The van der Waals surface area contributed by atoms with Crippen LogP contribution in [0.3, 0.4) is 0 Å². The molecule has 0 atom stereocenters. The maximum absolute atomic E-state index is 12.7. The summed E-state index contributed by atoms with van der Waals surface area (Å²) < 4.78 is 0. The van der Waals surface area contributed by atoms with E-state index in [0.29, 0.717) is 13.0 Å². The Morgan fingerprint density at radius 1 is 1.15 bits per heavy atom. The van der Waals surface area contributed by atoms with Crippen LogP contribution in [0.1, 0.15) is 53.5 Å². The molecule has 6 nitrogen and oxygen atoms in total. The van der Waals surface area contributed by atoms with Gasteiger partial charge in [-0.2, -0.15) is 0 Å². The first kappa shape index (κ1) is 21.8. The molecule has 0 fully saturated rings. The van der Waals surface area contributed by atoms with Crippen LogP contribution in [0.4, 0.5) is 16.2 Å². The Bertz CT molecular complexity index is 633. The number of anilines is 2. The van der Waals surface area contributed by atoms with Gasteiger partial charge in [0.1, 0.15) is 0 Å². The molecule has 1 aromatic rings. The van der Waals surface area contributed by atoms with E-state index >= 15 is 0 Å². The smallest absolute Gasteiger partial charge is 0.318 e. The zero-order valence-electron chi connectivity index (χ0n) is 17.4. The Hall–Kier alpha value is -2.24. The lowest BCUT2D eigenvalue weighted by Gasteiger charge is -2.32. The van der Waals surface area contributed by atoms with Gasteiger partial charge < -0.3 is 20.4 Å². The number of carbonyl (C=O) groups excluding carboxylic acids is 2. The molecule has 1 aromatic carbocycles. The van der Waals surface area contributed by atoms with Crippen molar-refractivity contribution in [3.63, 3.8) is 0 Å². The number of amides is 3. The van der Waals surface area contributed by atoms with E-state index < -0.39 is 0 Å². The SMILES string of the molecule is CCC(=O)Nc1ccc(N(C)C)c(CN(C(=O)NC(C)(C)C)C(C)C)c1. The summed E-state index contributed by atoms with van der Waals surface area (Å²) >= 11 is 0. The van der Waals surface area contributed by atoms with Crippen LogP contribution in [-0.4, -0.2) is 42.5 Å². The van der Waals surface area contributed by atoms with E-state index in [-0.39, 0.29) is 23.5 Å². The third-order valence-corrected chi connectivity index (χ3v) is 3.87. The van der Waals surface area contributed by atoms with Crippen molar-refractivity contribution < 1.29 is 9.59 Å². The number of carbonyl (C=O) groups is 2. The molecule has 0 bridgehead atoms. The lowest BCUT2D eigenvalue weighted by Crippen LogP contribution is -2.50. The molecule has 2 N–H and O–H groups in total. The topological polar surface area (TPSA) is 64.7 Å². The lowest BCUT2D eigenvalue weighted by atomic mass is 10.1. The summed E-state index contributed by atoms with van der Waals surface area (Å²) in [4.78, 5) is 28.3. The van der Waals surface area contributed by atoms with Crippen molar-refractivity contribution in [3.05, 3.63) is 23.8 Å². The van der Waals surface area contributed by atoms with Crippen LogP contribution < -0.4 is 15.5 Å². The number of hydrogen-bond donors (Lipinski definition) is 2. The first-order chi connectivity index (χ1) is 11.9. The maximum Gasteiger partial charge on any atom is 0.318 e. The van der Waals surface area contributed by atoms with Crippen molar-refractivity contribution in [2.24, 2.45) is 0 Å². The molecular weight excluding hydrogens is 328 g/mol. The van der Waals surface area contributed by atoms with Crippen LogP contribution in [0, 0.1) is 0 Å². The normalized spacial score (nSPS) is 11.3. The molecule has 0 saturated carbocycles. The predicted molar refractivity (Wildman–Crippen MR) is 109 cm³/mol. The second kappa shape index (κ2) is 8.92. The fourth-order valence-corrected chi connectivity index (χ4v) is 2.54. The third kappa shape index (κ3) is 6.58. The van der Waals surface area contributed by atoms with E-state index in [9.17, 15) is 9.59 Å². The van der Waals surface area contributed by atoms with E-state index in [1.807, 2.05) is 78.7 Å². The maximum atomic E-state index is 12.7. The molecule has 0 aromatic heterocycles. The van der Waals surface area contributed by atoms with E-state index in [0.717, 1.165) is 16.9 Å². The summed E-state index contributed by atoms with van der Waals surface area (Å²) in [5.74, 6) is -0.0280. The molecule has 0 saturated heterocycles. The van der Waals surface area contributed by atoms with Gasteiger partial charge in [0.15, 0.2) is 0 Å². The molecule has 0 unspecified atom stereocenters. The Morgan fingerprint density at radius 3 is 2.23 bits per heavy atom.